The molecule has 1 aliphatic rings. The number of carbonyl (C=O) groups excluding carboxylic acids is 1. The second-order valence-corrected chi connectivity index (χ2v) is 10.1. The Balaban J connectivity index is 1.49. The van der Waals surface area contributed by atoms with Gasteiger partial charge in [0.1, 0.15) is 0 Å². The third-order valence-corrected chi connectivity index (χ3v) is 7.38. The summed E-state index contributed by atoms with van der Waals surface area (Å²) in [5.41, 5.74) is 4.01. The van der Waals surface area contributed by atoms with Crippen molar-refractivity contribution < 1.29 is 13.2 Å². The monoisotopic (exact) mass is 443 g/mol. The number of benzene rings is 2. The number of amides is 1. The van der Waals surface area contributed by atoms with Crippen LogP contribution < -0.4 is 9.62 Å². The number of piperidine rings is 1. The van der Waals surface area contributed by atoms with E-state index >= 15 is 0 Å². The minimum Gasteiger partial charge on any atom is -0.372 e. The molecule has 168 valence electrons. The molecule has 1 fully saturated rings. The summed E-state index contributed by atoms with van der Waals surface area (Å²) in [5, 5.41) is 0. The molecule has 6 nitrogen and oxygen atoms in total. The maximum absolute atomic E-state index is 12.5. The van der Waals surface area contributed by atoms with Gasteiger partial charge in [-0.05, 0) is 62.4 Å². The lowest BCUT2D eigenvalue weighted by Crippen LogP contribution is -2.32. The molecule has 1 heterocycles. The Kier molecular flexibility index (Phi) is 7.73. The van der Waals surface area contributed by atoms with Crippen LogP contribution in [0.2, 0.25) is 0 Å². The van der Waals surface area contributed by atoms with Crippen LogP contribution in [-0.4, -0.2) is 45.9 Å². The quantitative estimate of drug-likeness (QED) is 0.677. The van der Waals surface area contributed by atoms with Gasteiger partial charge in [0, 0.05) is 45.3 Å². The molecule has 2 aromatic rings. The molecule has 0 aliphatic carbocycles. The zero-order valence-electron chi connectivity index (χ0n) is 18.7. The lowest BCUT2D eigenvalue weighted by molar-refractivity contribution is -0.130. The zero-order valence-corrected chi connectivity index (χ0v) is 19.5. The molecule has 0 unspecified atom stereocenters. The van der Waals surface area contributed by atoms with Gasteiger partial charge >= 0.3 is 0 Å². The molecular formula is C24H33N3O3S. The topological polar surface area (TPSA) is 69.7 Å². The van der Waals surface area contributed by atoms with Gasteiger partial charge in [-0.3, -0.25) is 4.79 Å². The van der Waals surface area contributed by atoms with Gasteiger partial charge in [0.05, 0.1) is 4.90 Å². The Labute approximate surface area is 186 Å². The average Bonchev–Trinajstić information content (AvgIpc) is 2.74. The predicted octanol–water partition coefficient (Wildman–Crippen LogP) is 3.62. The van der Waals surface area contributed by atoms with Crippen molar-refractivity contribution in [2.45, 2.75) is 51.0 Å². The summed E-state index contributed by atoms with van der Waals surface area (Å²) < 4.78 is 27.6. The van der Waals surface area contributed by atoms with Crippen LogP contribution in [0.1, 0.15) is 42.4 Å². The first-order chi connectivity index (χ1) is 14.8. The SMILES string of the molecule is Cc1ccc(S(=O)(=O)NCCC(=O)N(C)Cc2ccc(N3CCCCC3)cc2)c(C)c1. The number of anilines is 1. The van der Waals surface area contributed by atoms with E-state index in [0.717, 1.165) is 24.2 Å². The number of nitrogens with zero attached hydrogens (tertiary/aromatic N) is 2. The smallest absolute Gasteiger partial charge is 0.240 e. The van der Waals surface area contributed by atoms with E-state index in [9.17, 15) is 13.2 Å². The molecule has 2 aromatic carbocycles. The first-order valence-corrected chi connectivity index (χ1v) is 12.4. The molecule has 1 saturated heterocycles. The highest BCUT2D eigenvalue weighted by Crippen LogP contribution is 2.21. The summed E-state index contributed by atoms with van der Waals surface area (Å²) in [7, 11) is -1.88. The molecule has 0 bridgehead atoms. The van der Waals surface area contributed by atoms with Crippen molar-refractivity contribution in [1.29, 1.82) is 0 Å². The first kappa shape index (κ1) is 23.3. The van der Waals surface area contributed by atoms with Gasteiger partial charge in [-0.2, -0.15) is 0 Å². The Morgan fingerprint density at radius 2 is 1.71 bits per heavy atom. The van der Waals surface area contributed by atoms with Crippen LogP contribution >= 0.6 is 0 Å². The minimum atomic E-state index is -3.63. The largest absolute Gasteiger partial charge is 0.372 e. The second kappa shape index (κ2) is 10.3. The van der Waals surface area contributed by atoms with Crippen LogP contribution in [0.4, 0.5) is 5.69 Å². The van der Waals surface area contributed by atoms with Crippen molar-refractivity contribution in [2.24, 2.45) is 0 Å². The van der Waals surface area contributed by atoms with E-state index < -0.39 is 10.0 Å². The Morgan fingerprint density at radius 1 is 1.03 bits per heavy atom. The minimum absolute atomic E-state index is 0.0761. The first-order valence-electron chi connectivity index (χ1n) is 10.9. The molecule has 0 atom stereocenters. The van der Waals surface area contributed by atoms with E-state index in [2.05, 4.69) is 33.9 Å². The fourth-order valence-corrected chi connectivity index (χ4v) is 5.24. The van der Waals surface area contributed by atoms with Crippen LogP contribution in [0.15, 0.2) is 47.4 Å². The molecular weight excluding hydrogens is 410 g/mol. The van der Waals surface area contributed by atoms with Crippen molar-refractivity contribution >= 4 is 21.6 Å². The summed E-state index contributed by atoms with van der Waals surface area (Å²) in [4.78, 5) is 16.8. The third-order valence-electron chi connectivity index (χ3n) is 5.75. The molecule has 0 spiro atoms. The van der Waals surface area contributed by atoms with E-state index in [0.29, 0.717) is 12.1 Å². The summed E-state index contributed by atoms with van der Waals surface area (Å²) in [6, 6.07) is 13.6. The Bertz CT molecular complexity index is 997. The second-order valence-electron chi connectivity index (χ2n) is 8.38. The van der Waals surface area contributed by atoms with Gasteiger partial charge in [0.15, 0.2) is 0 Å². The van der Waals surface area contributed by atoms with E-state index in [1.807, 2.05) is 13.0 Å². The van der Waals surface area contributed by atoms with Crippen LogP contribution in [0.5, 0.6) is 0 Å². The zero-order chi connectivity index (χ0) is 22.4. The lowest BCUT2D eigenvalue weighted by atomic mass is 10.1. The standard InChI is InChI=1S/C24H33N3O3S/c1-19-7-12-23(20(2)17-19)31(29,30)25-14-13-24(28)26(3)18-21-8-10-22(11-9-21)27-15-5-4-6-16-27/h7-12,17,25H,4-6,13-16,18H2,1-3H3. The molecule has 1 N–H and O–H groups in total. The Hall–Kier alpha value is -2.38. The van der Waals surface area contributed by atoms with Gasteiger partial charge in [-0.1, -0.05) is 29.8 Å². The lowest BCUT2D eigenvalue weighted by Gasteiger charge is -2.29. The van der Waals surface area contributed by atoms with Gasteiger partial charge in [-0.15, -0.1) is 0 Å². The molecule has 1 amide bonds. The number of aryl methyl sites for hydroxylation is 2. The molecule has 7 heteroatoms. The van der Waals surface area contributed by atoms with Gasteiger partial charge in [-0.25, -0.2) is 13.1 Å². The van der Waals surface area contributed by atoms with E-state index in [-0.39, 0.29) is 23.8 Å². The number of rotatable bonds is 8. The summed E-state index contributed by atoms with van der Waals surface area (Å²) in [6.45, 7) is 6.49. The highest BCUT2D eigenvalue weighted by atomic mass is 32.2. The number of sulfonamides is 1. The number of hydrogen-bond donors (Lipinski definition) is 1. The molecule has 0 aromatic heterocycles. The van der Waals surface area contributed by atoms with E-state index in [1.165, 1.54) is 24.9 Å². The highest BCUT2D eigenvalue weighted by molar-refractivity contribution is 7.89. The van der Waals surface area contributed by atoms with Crippen molar-refractivity contribution in [3.05, 3.63) is 59.2 Å². The summed E-state index contributed by atoms with van der Waals surface area (Å²) in [6.07, 6.45) is 3.91. The van der Waals surface area contributed by atoms with Crippen LogP contribution in [0, 0.1) is 13.8 Å². The fraction of sp³-hybridized carbons (Fsp3) is 0.458. The average molecular weight is 444 g/mol. The molecule has 3 rings (SSSR count). The Morgan fingerprint density at radius 3 is 2.35 bits per heavy atom. The predicted molar refractivity (Wildman–Crippen MR) is 125 cm³/mol. The van der Waals surface area contributed by atoms with Crippen molar-refractivity contribution in [3.63, 3.8) is 0 Å². The van der Waals surface area contributed by atoms with E-state index in [4.69, 9.17) is 0 Å². The summed E-state index contributed by atoms with van der Waals surface area (Å²) >= 11 is 0. The van der Waals surface area contributed by atoms with Gasteiger partial charge in [0.25, 0.3) is 0 Å². The molecule has 0 radical (unpaired) electrons. The molecule has 31 heavy (non-hydrogen) atoms. The van der Waals surface area contributed by atoms with Gasteiger partial charge in [0.2, 0.25) is 15.9 Å². The normalized spacial score (nSPS) is 14.5. The maximum Gasteiger partial charge on any atom is 0.240 e. The highest BCUT2D eigenvalue weighted by Gasteiger charge is 2.18. The third kappa shape index (κ3) is 6.31. The number of carbonyl (C=O) groups is 1. The van der Waals surface area contributed by atoms with Crippen LogP contribution in [0.3, 0.4) is 0 Å². The van der Waals surface area contributed by atoms with Gasteiger partial charge < -0.3 is 9.80 Å². The number of nitrogens with one attached hydrogen (secondary N) is 1. The maximum atomic E-state index is 12.5. The van der Waals surface area contributed by atoms with Crippen molar-refractivity contribution in [2.75, 3.05) is 31.6 Å². The van der Waals surface area contributed by atoms with E-state index in [1.54, 1.807) is 31.0 Å². The van der Waals surface area contributed by atoms with Crippen molar-refractivity contribution in [1.82, 2.24) is 9.62 Å². The van der Waals surface area contributed by atoms with Crippen molar-refractivity contribution in [3.8, 4) is 0 Å². The van der Waals surface area contributed by atoms with Crippen LogP contribution in [0.25, 0.3) is 0 Å². The van der Waals surface area contributed by atoms with Crippen LogP contribution in [-0.2, 0) is 21.4 Å². The molecule has 0 saturated carbocycles. The molecule has 1 aliphatic heterocycles. The fourth-order valence-electron chi connectivity index (χ4n) is 3.99. The summed E-state index contributed by atoms with van der Waals surface area (Å²) in [5.74, 6) is -0.0940. The number of hydrogen-bond acceptors (Lipinski definition) is 4.